The van der Waals surface area contributed by atoms with Crippen molar-refractivity contribution in [1.29, 1.82) is 0 Å². The van der Waals surface area contributed by atoms with E-state index in [0.717, 1.165) is 32.3 Å². The number of amides is 1. The number of ether oxygens (including phenoxy) is 1. The van der Waals surface area contributed by atoms with Crippen molar-refractivity contribution in [2.24, 2.45) is 5.10 Å². The minimum Gasteiger partial charge on any atom is -0.488 e. The second-order valence-electron chi connectivity index (χ2n) is 7.11. The van der Waals surface area contributed by atoms with Crippen molar-refractivity contribution in [2.75, 3.05) is 0 Å². The summed E-state index contributed by atoms with van der Waals surface area (Å²) in [5, 5.41) is 5.20. The standard InChI is InChI=1S/C24H21BrCl2N2O2/c1-15-3-4-16(2)19(9-15)11-24(30)29-28-13-17-5-8-23(21(25)10-17)31-14-18-6-7-20(26)12-22(18)27/h3-10,12-13H,11,14H2,1-2H3,(H,29,30)/b28-13+. The molecule has 0 bridgehead atoms. The van der Waals surface area contributed by atoms with E-state index in [1.54, 1.807) is 18.3 Å². The molecule has 3 rings (SSSR count). The van der Waals surface area contributed by atoms with Crippen molar-refractivity contribution in [1.82, 2.24) is 5.43 Å². The Bertz CT molecular complexity index is 1130. The van der Waals surface area contributed by atoms with Crippen LogP contribution in [-0.4, -0.2) is 12.1 Å². The number of hydrogen-bond donors (Lipinski definition) is 1. The second kappa shape index (κ2) is 10.8. The van der Waals surface area contributed by atoms with Gasteiger partial charge in [-0.05, 0) is 76.8 Å². The molecule has 3 aromatic rings. The van der Waals surface area contributed by atoms with E-state index in [0.29, 0.717) is 22.4 Å². The van der Waals surface area contributed by atoms with Gasteiger partial charge in [0.25, 0.3) is 0 Å². The zero-order valence-corrected chi connectivity index (χ0v) is 20.2. The van der Waals surface area contributed by atoms with Crippen LogP contribution in [0.25, 0.3) is 0 Å². The molecule has 0 aliphatic carbocycles. The van der Waals surface area contributed by atoms with E-state index in [4.69, 9.17) is 27.9 Å². The van der Waals surface area contributed by atoms with Crippen LogP contribution < -0.4 is 10.2 Å². The van der Waals surface area contributed by atoms with Gasteiger partial charge in [0, 0.05) is 15.6 Å². The number of aryl methyl sites for hydroxylation is 2. The summed E-state index contributed by atoms with van der Waals surface area (Å²) in [6, 6.07) is 16.9. The molecule has 4 nitrogen and oxygen atoms in total. The third-order valence-electron chi connectivity index (χ3n) is 4.61. The smallest absolute Gasteiger partial charge is 0.244 e. The SMILES string of the molecule is Cc1ccc(C)c(CC(=O)N/N=C/c2ccc(OCc3ccc(Cl)cc3Cl)c(Br)c2)c1. The van der Waals surface area contributed by atoms with Crippen LogP contribution in [0.15, 0.2) is 64.2 Å². The number of carbonyl (C=O) groups is 1. The van der Waals surface area contributed by atoms with Crippen molar-refractivity contribution in [2.45, 2.75) is 26.9 Å². The van der Waals surface area contributed by atoms with Crippen molar-refractivity contribution < 1.29 is 9.53 Å². The van der Waals surface area contributed by atoms with E-state index in [1.807, 2.05) is 56.3 Å². The van der Waals surface area contributed by atoms with Gasteiger partial charge < -0.3 is 4.74 Å². The van der Waals surface area contributed by atoms with Crippen LogP contribution in [0.4, 0.5) is 0 Å². The number of hydrogen-bond acceptors (Lipinski definition) is 3. The van der Waals surface area contributed by atoms with Crippen LogP contribution in [0.5, 0.6) is 5.75 Å². The summed E-state index contributed by atoms with van der Waals surface area (Å²) < 4.78 is 6.61. The fraction of sp³-hybridized carbons (Fsp3) is 0.167. The Morgan fingerprint density at radius 1 is 1.06 bits per heavy atom. The van der Waals surface area contributed by atoms with Crippen molar-refractivity contribution in [3.05, 3.63) is 96.9 Å². The molecule has 0 aliphatic rings. The molecule has 1 N–H and O–H groups in total. The maximum absolute atomic E-state index is 12.2. The quantitative estimate of drug-likeness (QED) is 0.281. The molecule has 0 aromatic heterocycles. The highest BCUT2D eigenvalue weighted by molar-refractivity contribution is 9.10. The molecule has 3 aromatic carbocycles. The van der Waals surface area contributed by atoms with Gasteiger partial charge in [0.15, 0.2) is 0 Å². The van der Waals surface area contributed by atoms with E-state index in [-0.39, 0.29) is 12.3 Å². The molecule has 0 saturated carbocycles. The van der Waals surface area contributed by atoms with E-state index in [1.165, 1.54) is 0 Å². The molecule has 1 amide bonds. The molecule has 0 heterocycles. The number of carbonyl (C=O) groups excluding carboxylic acids is 1. The first-order valence-electron chi connectivity index (χ1n) is 9.56. The lowest BCUT2D eigenvalue weighted by molar-refractivity contribution is -0.120. The predicted molar refractivity (Wildman–Crippen MR) is 130 cm³/mol. The number of hydrazone groups is 1. The lowest BCUT2D eigenvalue weighted by Gasteiger charge is -2.10. The van der Waals surface area contributed by atoms with Gasteiger partial charge in [0.2, 0.25) is 5.91 Å². The summed E-state index contributed by atoms with van der Waals surface area (Å²) in [5.41, 5.74) is 7.45. The first kappa shape index (κ1) is 23.3. The van der Waals surface area contributed by atoms with Gasteiger partial charge in [-0.3, -0.25) is 4.79 Å². The summed E-state index contributed by atoms with van der Waals surface area (Å²) in [6.45, 7) is 4.32. The van der Waals surface area contributed by atoms with Gasteiger partial charge in [-0.25, -0.2) is 5.43 Å². The zero-order chi connectivity index (χ0) is 22.4. The van der Waals surface area contributed by atoms with Gasteiger partial charge in [-0.15, -0.1) is 0 Å². The number of rotatable bonds is 7. The van der Waals surface area contributed by atoms with E-state index in [2.05, 4.69) is 26.5 Å². The molecule has 0 radical (unpaired) electrons. The monoisotopic (exact) mass is 518 g/mol. The Morgan fingerprint density at radius 2 is 1.87 bits per heavy atom. The Kier molecular flexibility index (Phi) is 8.13. The molecule has 0 spiro atoms. The summed E-state index contributed by atoms with van der Waals surface area (Å²) in [6.07, 6.45) is 1.88. The third-order valence-corrected chi connectivity index (χ3v) is 5.82. The summed E-state index contributed by atoms with van der Waals surface area (Å²) in [7, 11) is 0. The average Bonchev–Trinajstić information content (AvgIpc) is 2.71. The predicted octanol–water partition coefficient (Wildman–Crippen LogP) is 6.64. The van der Waals surface area contributed by atoms with Gasteiger partial charge >= 0.3 is 0 Å². The van der Waals surface area contributed by atoms with Crippen molar-refractivity contribution >= 4 is 51.3 Å². The highest BCUT2D eigenvalue weighted by Gasteiger charge is 2.07. The van der Waals surface area contributed by atoms with Crippen LogP contribution in [0.2, 0.25) is 10.0 Å². The normalized spacial score (nSPS) is 11.0. The van der Waals surface area contributed by atoms with Crippen LogP contribution >= 0.6 is 39.1 Å². The molecule has 7 heteroatoms. The summed E-state index contributed by atoms with van der Waals surface area (Å²) in [5.74, 6) is 0.505. The molecule has 0 atom stereocenters. The van der Waals surface area contributed by atoms with Gasteiger partial charge in [-0.1, -0.05) is 53.0 Å². The zero-order valence-electron chi connectivity index (χ0n) is 17.1. The minimum atomic E-state index is -0.163. The Morgan fingerprint density at radius 3 is 2.61 bits per heavy atom. The molecule has 160 valence electrons. The molecular weight excluding hydrogens is 499 g/mol. The molecular formula is C24H21BrCl2N2O2. The first-order chi connectivity index (χ1) is 14.8. The summed E-state index contributed by atoms with van der Waals surface area (Å²) >= 11 is 15.6. The minimum absolute atomic E-state index is 0.163. The molecule has 0 aliphatic heterocycles. The van der Waals surface area contributed by atoms with Crippen molar-refractivity contribution in [3.63, 3.8) is 0 Å². The lowest BCUT2D eigenvalue weighted by Crippen LogP contribution is -2.20. The highest BCUT2D eigenvalue weighted by atomic mass is 79.9. The number of halogens is 3. The Labute approximate surface area is 200 Å². The molecule has 0 fully saturated rings. The second-order valence-corrected chi connectivity index (χ2v) is 8.81. The maximum Gasteiger partial charge on any atom is 0.244 e. The third kappa shape index (κ3) is 6.82. The van der Waals surface area contributed by atoms with Crippen molar-refractivity contribution in [3.8, 4) is 5.75 Å². The molecule has 0 unspecified atom stereocenters. The number of benzene rings is 3. The Hall–Kier alpha value is -2.34. The molecule has 31 heavy (non-hydrogen) atoms. The van der Waals surface area contributed by atoms with E-state index >= 15 is 0 Å². The van der Waals surface area contributed by atoms with Crippen LogP contribution in [0.1, 0.15) is 27.8 Å². The van der Waals surface area contributed by atoms with Crippen LogP contribution in [0.3, 0.4) is 0 Å². The lowest BCUT2D eigenvalue weighted by atomic mass is 10.0. The topological polar surface area (TPSA) is 50.7 Å². The largest absolute Gasteiger partial charge is 0.488 e. The van der Waals surface area contributed by atoms with Crippen LogP contribution in [-0.2, 0) is 17.8 Å². The first-order valence-corrected chi connectivity index (χ1v) is 11.1. The average molecular weight is 520 g/mol. The van der Waals surface area contributed by atoms with E-state index in [9.17, 15) is 4.79 Å². The number of nitrogens with zero attached hydrogens (tertiary/aromatic N) is 1. The Balaban J connectivity index is 1.56. The fourth-order valence-electron chi connectivity index (χ4n) is 2.89. The van der Waals surface area contributed by atoms with Crippen LogP contribution in [0, 0.1) is 13.8 Å². The van der Waals surface area contributed by atoms with Gasteiger partial charge in [-0.2, -0.15) is 5.10 Å². The van der Waals surface area contributed by atoms with Gasteiger partial charge in [0.1, 0.15) is 12.4 Å². The number of nitrogens with one attached hydrogen (secondary N) is 1. The van der Waals surface area contributed by atoms with Gasteiger partial charge in [0.05, 0.1) is 17.1 Å². The highest BCUT2D eigenvalue weighted by Crippen LogP contribution is 2.28. The van der Waals surface area contributed by atoms with E-state index < -0.39 is 0 Å². The summed E-state index contributed by atoms with van der Waals surface area (Å²) in [4.78, 5) is 12.2. The molecule has 0 saturated heterocycles. The maximum atomic E-state index is 12.2. The fourth-order valence-corrected chi connectivity index (χ4v) is 3.86.